The summed E-state index contributed by atoms with van der Waals surface area (Å²) >= 11 is 0. The van der Waals surface area contributed by atoms with Gasteiger partial charge in [0.05, 0.1) is 17.9 Å². The minimum absolute atomic E-state index is 0.0271. The van der Waals surface area contributed by atoms with E-state index in [-0.39, 0.29) is 60.1 Å². The van der Waals surface area contributed by atoms with E-state index in [0.717, 1.165) is 43.2 Å². The van der Waals surface area contributed by atoms with E-state index in [9.17, 15) is 14.4 Å². The number of ether oxygens (including phenoxy) is 3. The van der Waals surface area contributed by atoms with Crippen molar-refractivity contribution < 1.29 is 28.6 Å². The van der Waals surface area contributed by atoms with Crippen molar-refractivity contribution in [3.63, 3.8) is 0 Å². The summed E-state index contributed by atoms with van der Waals surface area (Å²) in [6.07, 6.45) is 5.61. The lowest BCUT2D eigenvalue weighted by Crippen LogP contribution is -2.54. The second-order valence-electron chi connectivity index (χ2n) is 13.8. The number of esters is 3. The maximum Gasteiger partial charge on any atom is 0.310 e. The SMILES string of the molecule is CC(=O)O[C@H]1C[C@@H]2C[C@H](OC(=O)C3C(c4ccccc4)C(C(=O)OC4C[C@H]5CC[C@@H](C4)N5C)C3c3ccccc3)C[C@H]1N2C. The van der Waals surface area contributed by atoms with E-state index in [2.05, 4.69) is 23.9 Å². The van der Waals surface area contributed by atoms with Crippen LogP contribution in [0.15, 0.2) is 60.7 Å². The van der Waals surface area contributed by atoms with E-state index in [1.165, 1.54) is 6.92 Å². The average Bonchev–Trinajstić information content (AvgIpc) is 3.27. The van der Waals surface area contributed by atoms with Gasteiger partial charge in [-0.05, 0) is 50.9 Å². The molecule has 0 amide bonds. The maximum atomic E-state index is 14.2. The van der Waals surface area contributed by atoms with E-state index >= 15 is 0 Å². The Balaban J connectivity index is 1.14. The zero-order chi connectivity index (χ0) is 30.5. The van der Waals surface area contributed by atoms with Crippen LogP contribution in [0.3, 0.4) is 0 Å². The summed E-state index contributed by atoms with van der Waals surface area (Å²) in [6.45, 7) is 1.45. The first-order chi connectivity index (χ1) is 21.3. The van der Waals surface area contributed by atoms with Gasteiger partial charge in [-0.15, -0.1) is 0 Å². The molecule has 5 aliphatic rings. The monoisotopic (exact) mass is 600 g/mol. The first kappa shape index (κ1) is 29.5. The summed E-state index contributed by atoms with van der Waals surface area (Å²) in [7, 11) is 4.25. The molecule has 8 heteroatoms. The molecule has 0 N–H and O–H groups in total. The number of nitrogens with zero attached hydrogens (tertiary/aromatic N) is 2. The quantitative estimate of drug-likeness (QED) is 0.335. The molecule has 0 aromatic heterocycles. The molecule has 0 spiro atoms. The van der Waals surface area contributed by atoms with Gasteiger partial charge in [0, 0.05) is 56.1 Å². The van der Waals surface area contributed by atoms with Crippen molar-refractivity contribution in [3.05, 3.63) is 71.8 Å². The number of rotatable bonds is 7. The Morgan fingerprint density at radius 2 is 1.09 bits per heavy atom. The third-order valence-electron chi connectivity index (χ3n) is 11.5. The molecule has 4 heterocycles. The summed E-state index contributed by atoms with van der Waals surface area (Å²) in [4.78, 5) is 44.8. The maximum absolute atomic E-state index is 14.2. The van der Waals surface area contributed by atoms with Crippen LogP contribution < -0.4 is 0 Å². The summed E-state index contributed by atoms with van der Waals surface area (Å²) in [5.41, 5.74) is 1.93. The van der Waals surface area contributed by atoms with E-state index in [0.29, 0.717) is 24.9 Å². The number of benzene rings is 2. The third-order valence-corrected chi connectivity index (χ3v) is 11.5. The van der Waals surface area contributed by atoms with Crippen molar-refractivity contribution in [2.75, 3.05) is 14.1 Å². The molecule has 44 heavy (non-hydrogen) atoms. The predicted molar refractivity (Wildman–Crippen MR) is 164 cm³/mol. The Hall–Kier alpha value is -3.23. The van der Waals surface area contributed by atoms with Crippen LogP contribution in [0.5, 0.6) is 0 Å². The molecule has 2 aromatic rings. The molecule has 7 rings (SSSR count). The van der Waals surface area contributed by atoms with Crippen molar-refractivity contribution in [1.29, 1.82) is 0 Å². The molecule has 4 saturated heterocycles. The number of hydrogen-bond donors (Lipinski definition) is 0. The molecule has 1 saturated carbocycles. The lowest BCUT2D eigenvalue weighted by molar-refractivity contribution is -0.177. The molecule has 4 aliphatic heterocycles. The minimum atomic E-state index is -0.507. The number of carbonyl (C=O) groups is 3. The minimum Gasteiger partial charge on any atom is -0.462 e. The Bertz CT molecular complexity index is 1310. The Labute approximate surface area is 260 Å². The highest BCUT2D eigenvalue weighted by Crippen LogP contribution is 2.59. The van der Waals surface area contributed by atoms with Crippen LogP contribution in [0.1, 0.15) is 74.8 Å². The van der Waals surface area contributed by atoms with Gasteiger partial charge in [0.2, 0.25) is 0 Å². The number of carbonyl (C=O) groups excluding carboxylic acids is 3. The molecule has 5 fully saturated rings. The molecule has 4 bridgehead atoms. The van der Waals surface area contributed by atoms with Gasteiger partial charge in [0.25, 0.3) is 0 Å². The van der Waals surface area contributed by atoms with Crippen molar-refractivity contribution in [3.8, 4) is 0 Å². The highest BCUT2D eigenvalue weighted by molar-refractivity contribution is 5.85. The molecule has 1 aliphatic carbocycles. The van der Waals surface area contributed by atoms with Crippen molar-refractivity contribution in [1.82, 2.24) is 9.80 Å². The number of fused-ring (bicyclic) bond motifs is 4. The molecule has 8 nitrogen and oxygen atoms in total. The van der Waals surface area contributed by atoms with E-state index in [1.807, 2.05) is 60.7 Å². The molecular formula is C36H44N2O6. The Morgan fingerprint density at radius 1 is 0.614 bits per heavy atom. The Morgan fingerprint density at radius 3 is 1.59 bits per heavy atom. The van der Waals surface area contributed by atoms with Crippen LogP contribution in [0, 0.1) is 11.8 Å². The second kappa shape index (κ2) is 11.9. The van der Waals surface area contributed by atoms with Gasteiger partial charge in [-0.1, -0.05) is 60.7 Å². The first-order valence-electron chi connectivity index (χ1n) is 16.4. The lowest BCUT2D eigenvalue weighted by Gasteiger charge is -2.50. The fourth-order valence-corrected chi connectivity index (χ4v) is 9.27. The Kier molecular flexibility index (Phi) is 8.00. The standard InChI is InChI=1S/C36H44N2O6/c1-21(39)42-30-19-26-18-28(20-29(30)38(26)3)44-36(41)34-31(22-10-6-4-7-11-22)33(32(34)23-12-8-5-9-13-23)35(40)43-27-16-24-14-15-25(17-27)37(24)2/h4-13,24-34H,14-20H2,1-3H3/t24-,25+,26-,27?,28-,29+,30-,31?,32?,33?,34?/m0/s1. The zero-order valence-corrected chi connectivity index (χ0v) is 25.9. The second-order valence-corrected chi connectivity index (χ2v) is 13.8. The van der Waals surface area contributed by atoms with Crippen LogP contribution in [-0.4, -0.2) is 84.3 Å². The van der Waals surface area contributed by atoms with Gasteiger partial charge in [-0.3, -0.25) is 19.3 Å². The molecule has 9 atom stereocenters. The molecule has 2 aromatic carbocycles. The summed E-state index contributed by atoms with van der Waals surface area (Å²) in [5, 5.41) is 0. The fraction of sp³-hybridized carbons (Fsp3) is 0.583. The lowest BCUT2D eigenvalue weighted by atomic mass is 9.52. The highest BCUT2D eigenvalue weighted by Gasteiger charge is 2.60. The smallest absolute Gasteiger partial charge is 0.310 e. The van der Waals surface area contributed by atoms with Crippen molar-refractivity contribution in [2.24, 2.45) is 11.8 Å². The zero-order valence-electron chi connectivity index (χ0n) is 25.9. The van der Waals surface area contributed by atoms with Crippen molar-refractivity contribution in [2.45, 2.75) is 106 Å². The fourth-order valence-electron chi connectivity index (χ4n) is 9.27. The highest BCUT2D eigenvalue weighted by atomic mass is 16.6. The third kappa shape index (κ3) is 5.34. The number of hydrogen-bond acceptors (Lipinski definition) is 8. The largest absolute Gasteiger partial charge is 0.462 e. The van der Waals surface area contributed by atoms with Gasteiger partial charge in [-0.25, -0.2) is 0 Å². The summed E-state index contributed by atoms with van der Waals surface area (Å²) in [5.74, 6) is -2.38. The van der Waals surface area contributed by atoms with Gasteiger partial charge in [0.1, 0.15) is 18.3 Å². The molecule has 234 valence electrons. The molecular weight excluding hydrogens is 556 g/mol. The first-order valence-corrected chi connectivity index (χ1v) is 16.4. The van der Waals surface area contributed by atoms with Crippen LogP contribution in [0.2, 0.25) is 0 Å². The normalized spacial score (nSPS) is 38.0. The molecule has 0 radical (unpaired) electrons. The topological polar surface area (TPSA) is 85.4 Å². The van der Waals surface area contributed by atoms with Gasteiger partial charge < -0.3 is 19.1 Å². The van der Waals surface area contributed by atoms with Crippen LogP contribution in [-0.2, 0) is 28.6 Å². The van der Waals surface area contributed by atoms with E-state index < -0.39 is 11.8 Å². The van der Waals surface area contributed by atoms with E-state index in [4.69, 9.17) is 14.2 Å². The summed E-state index contributed by atoms with van der Waals surface area (Å²) in [6, 6.07) is 21.0. The van der Waals surface area contributed by atoms with Gasteiger partial charge in [-0.2, -0.15) is 0 Å². The average molecular weight is 601 g/mol. The predicted octanol–water partition coefficient (Wildman–Crippen LogP) is 4.68. The number of likely N-dealkylation sites (N-methyl/N-ethyl adjacent to an activating group) is 1. The van der Waals surface area contributed by atoms with Crippen LogP contribution in [0.25, 0.3) is 0 Å². The van der Waals surface area contributed by atoms with E-state index in [1.54, 1.807) is 0 Å². The molecule has 3 unspecified atom stereocenters. The van der Waals surface area contributed by atoms with Crippen molar-refractivity contribution >= 4 is 17.9 Å². The summed E-state index contributed by atoms with van der Waals surface area (Å²) < 4.78 is 18.3. The number of piperidine rings is 2. The van der Waals surface area contributed by atoms with Crippen LogP contribution >= 0.6 is 0 Å². The van der Waals surface area contributed by atoms with Gasteiger partial charge in [0.15, 0.2) is 0 Å². The van der Waals surface area contributed by atoms with Gasteiger partial charge >= 0.3 is 17.9 Å². The van der Waals surface area contributed by atoms with Crippen LogP contribution in [0.4, 0.5) is 0 Å².